The van der Waals surface area contributed by atoms with Crippen LogP contribution < -0.4 is 5.56 Å². The number of piperazine rings is 1. The van der Waals surface area contributed by atoms with Crippen molar-refractivity contribution in [2.75, 3.05) is 39.9 Å². The van der Waals surface area contributed by atoms with Crippen molar-refractivity contribution in [1.82, 2.24) is 19.4 Å². The molecule has 7 nitrogen and oxygen atoms in total. The summed E-state index contributed by atoms with van der Waals surface area (Å²) >= 11 is 0. The van der Waals surface area contributed by atoms with E-state index in [1.807, 2.05) is 65.6 Å². The number of fused-ring (bicyclic) bond motifs is 2. The fourth-order valence-corrected chi connectivity index (χ4v) is 4.88. The average molecular weight is 471 g/mol. The Morgan fingerprint density at radius 2 is 1.69 bits per heavy atom. The van der Waals surface area contributed by atoms with Crippen molar-refractivity contribution in [3.63, 3.8) is 0 Å². The summed E-state index contributed by atoms with van der Waals surface area (Å²) < 4.78 is 7.00. The number of methoxy groups -OCH3 is 1. The molecule has 1 amide bonds. The third-order valence-corrected chi connectivity index (χ3v) is 6.93. The number of benzene rings is 3. The van der Waals surface area contributed by atoms with Crippen molar-refractivity contribution in [3.8, 4) is 0 Å². The third kappa shape index (κ3) is 4.57. The monoisotopic (exact) mass is 470 g/mol. The number of para-hydroxylation sites is 1. The number of nitrogens with zero attached hydrogens (tertiary/aromatic N) is 4. The molecule has 7 heteroatoms. The molecule has 35 heavy (non-hydrogen) atoms. The van der Waals surface area contributed by atoms with Crippen molar-refractivity contribution >= 4 is 27.6 Å². The molecule has 180 valence electrons. The third-order valence-electron chi connectivity index (χ3n) is 6.93. The zero-order valence-corrected chi connectivity index (χ0v) is 20.2. The van der Waals surface area contributed by atoms with Crippen LogP contribution in [0.3, 0.4) is 0 Å². The van der Waals surface area contributed by atoms with Gasteiger partial charge in [-0.2, -0.15) is 0 Å². The molecule has 0 aliphatic carbocycles. The molecule has 0 N–H and O–H groups in total. The molecule has 3 aromatic carbocycles. The molecule has 4 aromatic rings. The Hall–Kier alpha value is -3.55. The first kappa shape index (κ1) is 23.2. The van der Waals surface area contributed by atoms with Crippen LogP contribution in [-0.4, -0.2) is 65.2 Å². The van der Waals surface area contributed by atoms with Crippen LogP contribution in [-0.2, 0) is 11.3 Å². The van der Waals surface area contributed by atoms with E-state index < -0.39 is 0 Å². The van der Waals surface area contributed by atoms with Gasteiger partial charge >= 0.3 is 0 Å². The number of aromatic nitrogens is 2. The predicted octanol–water partition coefficient (Wildman–Crippen LogP) is 3.72. The molecule has 5 rings (SSSR count). The summed E-state index contributed by atoms with van der Waals surface area (Å²) in [6.07, 6.45) is 0. The highest BCUT2D eigenvalue weighted by Crippen LogP contribution is 2.23. The van der Waals surface area contributed by atoms with Crippen LogP contribution in [0.2, 0.25) is 0 Å². The van der Waals surface area contributed by atoms with Gasteiger partial charge in [-0.25, -0.2) is 4.98 Å². The Labute approximate surface area is 204 Å². The molecule has 1 atom stereocenters. The summed E-state index contributed by atoms with van der Waals surface area (Å²) in [4.78, 5) is 35.5. The summed E-state index contributed by atoms with van der Waals surface area (Å²) in [7, 11) is 1.63. The summed E-state index contributed by atoms with van der Waals surface area (Å²) in [5, 5.41) is 2.82. The Morgan fingerprint density at radius 1 is 0.971 bits per heavy atom. The maximum atomic E-state index is 13.2. The molecule has 1 saturated heterocycles. The number of hydrogen-bond donors (Lipinski definition) is 0. The molecule has 1 aliphatic heterocycles. The molecule has 1 fully saturated rings. The maximum Gasteiger partial charge on any atom is 0.261 e. The minimum Gasteiger partial charge on any atom is -0.383 e. The largest absolute Gasteiger partial charge is 0.383 e. The normalized spacial score (nSPS) is 15.5. The highest BCUT2D eigenvalue weighted by Gasteiger charge is 2.28. The van der Waals surface area contributed by atoms with E-state index in [-0.39, 0.29) is 17.5 Å². The Balaban J connectivity index is 1.34. The van der Waals surface area contributed by atoms with Gasteiger partial charge in [-0.05, 0) is 42.0 Å². The fraction of sp³-hybridized carbons (Fsp3) is 0.321. The van der Waals surface area contributed by atoms with Crippen molar-refractivity contribution in [3.05, 3.63) is 88.5 Å². The van der Waals surface area contributed by atoms with Crippen LogP contribution in [0.5, 0.6) is 0 Å². The SMILES string of the molecule is COCCn1c(C(C)N2CCN(C(=O)c3ccc4ccccc4c3)CC2)nc2ccccc2c1=O. The van der Waals surface area contributed by atoms with Gasteiger partial charge in [0.25, 0.3) is 11.5 Å². The summed E-state index contributed by atoms with van der Waals surface area (Å²) in [6, 6.07) is 21.4. The second-order valence-electron chi connectivity index (χ2n) is 9.00. The van der Waals surface area contributed by atoms with Gasteiger partial charge in [0.1, 0.15) is 5.82 Å². The topological polar surface area (TPSA) is 67.7 Å². The Bertz CT molecular complexity index is 1420. The fourth-order valence-electron chi connectivity index (χ4n) is 4.88. The van der Waals surface area contributed by atoms with Crippen molar-refractivity contribution in [1.29, 1.82) is 0 Å². The number of rotatable bonds is 6. The van der Waals surface area contributed by atoms with Crippen LogP contribution in [0.25, 0.3) is 21.7 Å². The molecular weight excluding hydrogens is 440 g/mol. The van der Waals surface area contributed by atoms with E-state index in [1.165, 1.54) is 0 Å². The molecule has 1 unspecified atom stereocenters. The quantitative estimate of drug-likeness (QED) is 0.430. The zero-order chi connectivity index (χ0) is 24.4. The first-order valence-electron chi connectivity index (χ1n) is 12.1. The highest BCUT2D eigenvalue weighted by molar-refractivity contribution is 5.98. The first-order valence-corrected chi connectivity index (χ1v) is 12.1. The second-order valence-corrected chi connectivity index (χ2v) is 9.00. The maximum absolute atomic E-state index is 13.2. The van der Waals surface area contributed by atoms with Gasteiger partial charge in [0.05, 0.1) is 30.1 Å². The zero-order valence-electron chi connectivity index (χ0n) is 20.2. The summed E-state index contributed by atoms with van der Waals surface area (Å²) in [5.41, 5.74) is 1.38. The molecule has 1 aromatic heterocycles. The van der Waals surface area contributed by atoms with Gasteiger partial charge in [0, 0.05) is 38.9 Å². The van der Waals surface area contributed by atoms with Gasteiger partial charge in [0.15, 0.2) is 0 Å². The average Bonchev–Trinajstić information content (AvgIpc) is 2.91. The summed E-state index contributed by atoms with van der Waals surface area (Å²) in [5.74, 6) is 0.795. The van der Waals surface area contributed by atoms with Crippen LogP contribution in [0.1, 0.15) is 29.1 Å². The first-order chi connectivity index (χ1) is 17.1. The highest BCUT2D eigenvalue weighted by atomic mass is 16.5. The van der Waals surface area contributed by atoms with E-state index in [4.69, 9.17) is 9.72 Å². The number of ether oxygens (including phenoxy) is 1. The predicted molar refractivity (Wildman–Crippen MR) is 138 cm³/mol. The lowest BCUT2D eigenvalue weighted by atomic mass is 10.1. The van der Waals surface area contributed by atoms with E-state index in [9.17, 15) is 9.59 Å². The van der Waals surface area contributed by atoms with Gasteiger partial charge in [-0.15, -0.1) is 0 Å². The van der Waals surface area contributed by atoms with Crippen molar-refractivity contribution < 1.29 is 9.53 Å². The molecule has 0 radical (unpaired) electrons. The Kier molecular flexibility index (Phi) is 6.61. The van der Waals surface area contributed by atoms with Gasteiger partial charge < -0.3 is 9.64 Å². The lowest BCUT2D eigenvalue weighted by Crippen LogP contribution is -2.50. The van der Waals surface area contributed by atoms with E-state index in [0.717, 1.165) is 22.2 Å². The standard InChI is InChI=1S/C28H30N4O3/c1-20(26-29-25-10-6-5-9-24(25)28(34)32(26)17-18-35-2)30-13-15-31(16-14-30)27(33)23-12-11-21-7-3-4-8-22(21)19-23/h3-12,19-20H,13-18H2,1-2H3. The lowest BCUT2D eigenvalue weighted by molar-refractivity contribution is 0.0569. The van der Waals surface area contributed by atoms with Crippen molar-refractivity contribution in [2.24, 2.45) is 0 Å². The van der Waals surface area contributed by atoms with E-state index in [2.05, 4.69) is 17.9 Å². The van der Waals surface area contributed by atoms with Crippen LogP contribution >= 0.6 is 0 Å². The Morgan fingerprint density at radius 3 is 2.46 bits per heavy atom. The van der Waals surface area contributed by atoms with Crippen LogP contribution in [0.4, 0.5) is 0 Å². The van der Waals surface area contributed by atoms with Crippen LogP contribution in [0, 0.1) is 0 Å². The van der Waals surface area contributed by atoms with E-state index in [1.54, 1.807) is 11.7 Å². The molecule has 0 spiro atoms. The van der Waals surface area contributed by atoms with Crippen LogP contribution in [0.15, 0.2) is 71.5 Å². The van der Waals surface area contributed by atoms with Gasteiger partial charge in [0.2, 0.25) is 0 Å². The summed E-state index contributed by atoms with van der Waals surface area (Å²) in [6.45, 7) is 5.67. The number of hydrogen-bond acceptors (Lipinski definition) is 5. The molecule has 1 aliphatic rings. The number of carbonyl (C=O) groups is 1. The smallest absolute Gasteiger partial charge is 0.261 e. The number of amides is 1. The molecule has 0 bridgehead atoms. The molecule has 0 saturated carbocycles. The second kappa shape index (κ2) is 9.98. The minimum atomic E-state index is -0.0675. The van der Waals surface area contributed by atoms with Crippen molar-refractivity contribution in [2.45, 2.75) is 19.5 Å². The molecular formula is C28H30N4O3. The molecule has 2 heterocycles. The lowest BCUT2D eigenvalue weighted by Gasteiger charge is -2.38. The number of carbonyl (C=O) groups excluding carboxylic acids is 1. The van der Waals surface area contributed by atoms with E-state index >= 15 is 0 Å². The van der Waals surface area contributed by atoms with Gasteiger partial charge in [-0.3, -0.25) is 19.1 Å². The van der Waals surface area contributed by atoms with Gasteiger partial charge in [-0.1, -0.05) is 42.5 Å². The minimum absolute atomic E-state index is 0.0420. The van der Waals surface area contributed by atoms with E-state index in [0.29, 0.717) is 50.2 Å².